The van der Waals surface area contributed by atoms with Crippen LogP contribution < -0.4 is 5.32 Å². The van der Waals surface area contributed by atoms with Crippen LogP contribution in [0.4, 0.5) is 4.39 Å². The average molecular weight is 309 g/mol. The van der Waals surface area contributed by atoms with Crippen LogP contribution in [0, 0.1) is 5.82 Å². The molecule has 0 aliphatic heterocycles. The fourth-order valence-corrected chi connectivity index (χ4v) is 3.83. The lowest BCUT2D eigenvalue weighted by Gasteiger charge is -2.17. The number of nitrogens with one attached hydrogen (secondary N) is 1. The molecule has 2 aromatic rings. The van der Waals surface area contributed by atoms with Gasteiger partial charge in [0.2, 0.25) is 0 Å². The van der Waals surface area contributed by atoms with E-state index >= 15 is 0 Å². The van der Waals surface area contributed by atoms with Gasteiger partial charge in [-0.05, 0) is 49.0 Å². The predicted octanol–water partition coefficient (Wildman–Crippen LogP) is 4.59. The first-order valence-electron chi connectivity index (χ1n) is 6.92. The number of hydrogen-bond acceptors (Lipinski definition) is 3. The summed E-state index contributed by atoms with van der Waals surface area (Å²) in [6, 6.07) is 11.6. The largest absolute Gasteiger partial charge is 0.313 e. The van der Waals surface area contributed by atoms with Gasteiger partial charge in [0.05, 0.1) is 0 Å². The second-order valence-electron chi connectivity index (χ2n) is 4.64. The van der Waals surface area contributed by atoms with Crippen LogP contribution in [-0.2, 0) is 6.42 Å². The predicted molar refractivity (Wildman–Crippen MR) is 87.2 cm³/mol. The van der Waals surface area contributed by atoms with Crippen molar-refractivity contribution in [2.24, 2.45) is 0 Å². The van der Waals surface area contributed by atoms with Gasteiger partial charge in [-0.25, -0.2) is 4.39 Å². The molecular weight excluding hydrogens is 289 g/mol. The molecule has 108 valence electrons. The summed E-state index contributed by atoms with van der Waals surface area (Å²) in [5.41, 5.74) is 0. The molecule has 0 amide bonds. The van der Waals surface area contributed by atoms with Gasteiger partial charge < -0.3 is 5.32 Å². The molecule has 0 radical (unpaired) electrons. The highest BCUT2D eigenvalue weighted by atomic mass is 32.2. The van der Waals surface area contributed by atoms with Crippen LogP contribution in [0.15, 0.2) is 46.7 Å². The van der Waals surface area contributed by atoms with E-state index in [2.05, 4.69) is 29.8 Å². The molecule has 0 saturated heterocycles. The van der Waals surface area contributed by atoms with Gasteiger partial charge in [0.1, 0.15) is 5.82 Å². The van der Waals surface area contributed by atoms with Crippen molar-refractivity contribution in [3.63, 3.8) is 0 Å². The zero-order valence-electron chi connectivity index (χ0n) is 11.6. The Labute approximate surface area is 128 Å². The molecule has 0 aliphatic carbocycles. The van der Waals surface area contributed by atoms with Gasteiger partial charge >= 0.3 is 0 Å². The summed E-state index contributed by atoms with van der Waals surface area (Å²) >= 11 is 3.54. The van der Waals surface area contributed by atoms with Crippen LogP contribution in [-0.4, -0.2) is 18.3 Å². The normalized spacial score (nSPS) is 12.5. The minimum absolute atomic E-state index is 0.159. The smallest absolute Gasteiger partial charge is 0.124 e. The fourth-order valence-electron chi connectivity index (χ4n) is 2.06. The molecule has 0 saturated carbocycles. The van der Waals surface area contributed by atoms with E-state index in [1.807, 2.05) is 17.4 Å². The molecule has 1 aromatic carbocycles. The van der Waals surface area contributed by atoms with Crippen LogP contribution >= 0.6 is 23.1 Å². The summed E-state index contributed by atoms with van der Waals surface area (Å²) in [7, 11) is 0. The minimum atomic E-state index is -0.159. The summed E-state index contributed by atoms with van der Waals surface area (Å²) < 4.78 is 13.1. The van der Waals surface area contributed by atoms with E-state index in [0.717, 1.165) is 30.0 Å². The van der Waals surface area contributed by atoms with Crippen molar-refractivity contribution in [2.45, 2.75) is 30.7 Å². The van der Waals surface area contributed by atoms with Crippen LogP contribution in [0.3, 0.4) is 0 Å². The monoisotopic (exact) mass is 309 g/mol. The number of thiophene rings is 1. The van der Waals surface area contributed by atoms with Crippen molar-refractivity contribution in [2.75, 3.05) is 12.3 Å². The SMILES string of the molecule is CCNC(CCc1cccs1)CSc1cccc(F)c1. The van der Waals surface area contributed by atoms with Crippen molar-refractivity contribution in [3.05, 3.63) is 52.5 Å². The van der Waals surface area contributed by atoms with E-state index in [4.69, 9.17) is 0 Å². The lowest BCUT2D eigenvalue weighted by atomic mass is 10.1. The van der Waals surface area contributed by atoms with Gasteiger partial charge in [-0.15, -0.1) is 23.1 Å². The summed E-state index contributed by atoms with van der Waals surface area (Å²) in [5, 5.41) is 5.64. The Morgan fingerprint density at radius 3 is 2.90 bits per heavy atom. The minimum Gasteiger partial charge on any atom is -0.313 e. The number of rotatable bonds is 8. The second-order valence-corrected chi connectivity index (χ2v) is 6.77. The van der Waals surface area contributed by atoms with Crippen LogP contribution in [0.1, 0.15) is 18.2 Å². The molecule has 1 unspecified atom stereocenters. The number of aryl methyl sites for hydroxylation is 1. The van der Waals surface area contributed by atoms with Crippen molar-refractivity contribution < 1.29 is 4.39 Å². The van der Waals surface area contributed by atoms with Gasteiger partial charge in [-0.2, -0.15) is 0 Å². The third-order valence-electron chi connectivity index (χ3n) is 3.06. The zero-order valence-corrected chi connectivity index (χ0v) is 13.3. The first kappa shape index (κ1) is 15.5. The third-order valence-corrected chi connectivity index (χ3v) is 5.15. The first-order chi connectivity index (χ1) is 9.78. The van der Waals surface area contributed by atoms with E-state index in [1.54, 1.807) is 23.9 Å². The molecule has 0 fully saturated rings. The lowest BCUT2D eigenvalue weighted by molar-refractivity contribution is 0.539. The number of benzene rings is 1. The summed E-state index contributed by atoms with van der Waals surface area (Å²) in [5.74, 6) is 0.816. The molecule has 0 bridgehead atoms. The average Bonchev–Trinajstić information content (AvgIpc) is 2.95. The molecule has 0 aliphatic rings. The standard InChI is InChI=1S/C16H20FNS2/c1-2-18-14(8-9-15-7-4-10-19-15)12-20-16-6-3-5-13(17)11-16/h3-7,10-11,14,18H,2,8-9,12H2,1H3. The highest BCUT2D eigenvalue weighted by molar-refractivity contribution is 7.99. The fraction of sp³-hybridized carbons (Fsp3) is 0.375. The molecule has 20 heavy (non-hydrogen) atoms. The Balaban J connectivity index is 1.82. The van der Waals surface area contributed by atoms with Gasteiger partial charge in [-0.1, -0.05) is 19.1 Å². The van der Waals surface area contributed by atoms with Crippen LogP contribution in [0.5, 0.6) is 0 Å². The Morgan fingerprint density at radius 1 is 1.30 bits per heavy atom. The number of halogens is 1. The van der Waals surface area contributed by atoms with Gasteiger partial charge in [-0.3, -0.25) is 0 Å². The molecule has 0 spiro atoms. The summed E-state index contributed by atoms with van der Waals surface area (Å²) in [6.45, 7) is 3.10. The maximum absolute atomic E-state index is 13.1. The highest BCUT2D eigenvalue weighted by Gasteiger charge is 2.09. The summed E-state index contributed by atoms with van der Waals surface area (Å²) in [6.07, 6.45) is 2.23. The van der Waals surface area contributed by atoms with Crippen molar-refractivity contribution in [3.8, 4) is 0 Å². The zero-order chi connectivity index (χ0) is 14.2. The second kappa shape index (κ2) is 8.45. The summed E-state index contributed by atoms with van der Waals surface area (Å²) in [4.78, 5) is 2.44. The van der Waals surface area contributed by atoms with E-state index < -0.39 is 0 Å². The molecule has 4 heteroatoms. The van der Waals surface area contributed by atoms with E-state index in [-0.39, 0.29) is 5.82 Å². The van der Waals surface area contributed by atoms with Crippen LogP contribution in [0.2, 0.25) is 0 Å². The first-order valence-corrected chi connectivity index (χ1v) is 8.78. The topological polar surface area (TPSA) is 12.0 Å². The molecule has 1 nitrogen and oxygen atoms in total. The lowest BCUT2D eigenvalue weighted by Crippen LogP contribution is -2.31. The molecule has 1 atom stereocenters. The highest BCUT2D eigenvalue weighted by Crippen LogP contribution is 2.21. The number of thioether (sulfide) groups is 1. The van der Waals surface area contributed by atoms with Crippen molar-refractivity contribution in [1.29, 1.82) is 0 Å². The molecule has 2 rings (SSSR count). The van der Waals surface area contributed by atoms with Crippen LogP contribution in [0.25, 0.3) is 0 Å². The van der Waals surface area contributed by atoms with E-state index in [9.17, 15) is 4.39 Å². The maximum atomic E-state index is 13.1. The van der Waals surface area contributed by atoms with Gasteiger partial charge in [0, 0.05) is 21.6 Å². The molecule has 1 heterocycles. The number of hydrogen-bond donors (Lipinski definition) is 1. The Kier molecular flexibility index (Phi) is 6.57. The Hall–Kier alpha value is -0.840. The maximum Gasteiger partial charge on any atom is 0.124 e. The van der Waals surface area contributed by atoms with E-state index in [0.29, 0.717) is 6.04 Å². The van der Waals surface area contributed by atoms with Crippen molar-refractivity contribution in [1.82, 2.24) is 5.32 Å². The van der Waals surface area contributed by atoms with Gasteiger partial charge in [0.25, 0.3) is 0 Å². The van der Waals surface area contributed by atoms with Gasteiger partial charge in [0.15, 0.2) is 0 Å². The molecular formula is C16H20FNS2. The molecule has 1 aromatic heterocycles. The Bertz CT molecular complexity index is 499. The van der Waals surface area contributed by atoms with E-state index in [1.165, 1.54) is 10.9 Å². The Morgan fingerprint density at radius 2 is 2.20 bits per heavy atom. The quantitative estimate of drug-likeness (QED) is 0.716. The third kappa shape index (κ3) is 5.27. The van der Waals surface area contributed by atoms with Crippen molar-refractivity contribution >= 4 is 23.1 Å². The molecule has 1 N–H and O–H groups in total.